The molecule has 0 unspecified atom stereocenters. The Kier molecular flexibility index (Phi) is 7.27. The summed E-state index contributed by atoms with van der Waals surface area (Å²) in [5.74, 6) is -7.30. The van der Waals surface area contributed by atoms with Crippen LogP contribution in [-0.4, -0.2) is 46.1 Å². The number of nitrogens with one attached hydrogen (secondary N) is 3. The van der Waals surface area contributed by atoms with Crippen LogP contribution < -0.4 is 20.7 Å². The van der Waals surface area contributed by atoms with Gasteiger partial charge in [-0.2, -0.15) is 22.5 Å². The molecule has 0 atom stereocenters. The normalized spacial score (nSPS) is 19.9. The molecule has 2 aliphatic rings. The van der Waals surface area contributed by atoms with Gasteiger partial charge in [-0.1, -0.05) is 0 Å². The van der Waals surface area contributed by atoms with Gasteiger partial charge in [0, 0.05) is 29.9 Å². The maximum atomic E-state index is 14.1. The number of esters is 1. The minimum Gasteiger partial charge on any atom is -0.416 e. The third-order valence-corrected chi connectivity index (χ3v) is 6.01. The van der Waals surface area contributed by atoms with Crippen molar-refractivity contribution in [1.82, 2.24) is 15.3 Å². The minimum absolute atomic E-state index is 0.0289. The van der Waals surface area contributed by atoms with Crippen LogP contribution in [0.3, 0.4) is 0 Å². The first kappa shape index (κ1) is 25.6. The van der Waals surface area contributed by atoms with Crippen LogP contribution in [0.5, 0.6) is 5.75 Å². The fourth-order valence-corrected chi connectivity index (χ4v) is 3.87. The zero-order valence-electron chi connectivity index (χ0n) is 19.2. The Balaban J connectivity index is 1.35. The lowest BCUT2D eigenvalue weighted by Crippen LogP contribution is -2.40. The van der Waals surface area contributed by atoms with Crippen molar-refractivity contribution in [3.63, 3.8) is 0 Å². The number of carbonyl (C=O) groups excluding carboxylic acids is 2. The number of amides is 1. The van der Waals surface area contributed by atoms with Crippen LogP contribution in [0, 0.1) is 18.6 Å². The topological polar surface area (TPSA) is 105 Å². The molecule has 3 N–H and O–H groups in total. The third kappa shape index (κ3) is 6.18. The lowest BCUT2D eigenvalue weighted by molar-refractivity contribution is -0.189. The summed E-state index contributed by atoms with van der Waals surface area (Å²) >= 11 is 0. The smallest absolute Gasteiger partial charge is 0.416 e. The quantitative estimate of drug-likeness (QED) is 0.289. The lowest BCUT2D eigenvalue weighted by atomic mass is 9.91. The molecule has 0 spiro atoms. The summed E-state index contributed by atoms with van der Waals surface area (Å²) in [6, 6.07) is 1.44. The van der Waals surface area contributed by atoms with E-state index in [0.29, 0.717) is 43.7 Å². The summed E-state index contributed by atoms with van der Waals surface area (Å²) in [7, 11) is 0. The van der Waals surface area contributed by atoms with Gasteiger partial charge in [-0.25, -0.2) is 14.2 Å². The van der Waals surface area contributed by atoms with Crippen LogP contribution in [0.2, 0.25) is 0 Å². The highest BCUT2D eigenvalue weighted by atomic mass is 19.4. The van der Waals surface area contributed by atoms with Crippen molar-refractivity contribution in [2.75, 3.05) is 10.6 Å². The van der Waals surface area contributed by atoms with Crippen molar-refractivity contribution >= 4 is 23.6 Å². The van der Waals surface area contributed by atoms with E-state index in [1.54, 1.807) is 6.20 Å². The predicted octanol–water partition coefficient (Wildman–Crippen LogP) is 4.26. The van der Waals surface area contributed by atoms with Gasteiger partial charge in [-0.15, -0.1) is 0 Å². The van der Waals surface area contributed by atoms with Crippen molar-refractivity contribution in [1.29, 1.82) is 0 Å². The second kappa shape index (κ2) is 10.2. The molecule has 2 fully saturated rings. The van der Waals surface area contributed by atoms with Gasteiger partial charge >= 0.3 is 12.1 Å². The molecule has 1 aromatic carbocycles. The molecule has 8 nitrogen and oxygen atoms in total. The number of aromatic nitrogens is 2. The molecule has 13 heteroatoms. The van der Waals surface area contributed by atoms with Gasteiger partial charge in [0.15, 0.2) is 11.6 Å². The maximum Gasteiger partial charge on any atom is 0.491 e. The molecule has 1 aromatic heterocycles. The highest BCUT2D eigenvalue weighted by molar-refractivity contribution is 5.98. The van der Waals surface area contributed by atoms with Gasteiger partial charge in [0.2, 0.25) is 11.8 Å². The van der Waals surface area contributed by atoms with E-state index in [0.717, 1.165) is 30.3 Å². The summed E-state index contributed by atoms with van der Waals surface area (Å²) in [6.07, 6.45) is 0.762. The van der Waals surface area contributed by atoms with E-state index < -0.39 is 41.0 Å². The Morgan fingerprint density at radius 3 is 2.22 bits per heavy atom. The van der Waals surface area contributed by atoms with Crippen molar-refractivity contribution in [2.45, 2.75) is 69.8 Å². The number of aryl methyl sites for hydroxylation is 1. The fraction of sp³-hybridized carbons (Fsp3) is 0.478. The van der Waals surface area contributed by atoms with E-state index in [1.165, 1.54) is 0 Å². The Morgan fingerprint density at radius 2 is 1.58 bits per heavy atom. The number of halogens is 5. The van der Waals surface area contributed by atoms with Crippen LogP contribution in [0.15, 0.2) is 18.3 Å². The van der Waals surface area contributed by atoms with Crippen LogP contribution in [0.25, 0.3) is 0 Å². The van der Waals surface area contributed by atoms with Crippen LogP contribution in [0.1, 0.15) is 54.4 Å². The average molecular weight is 513 g/mol. The zero-order valence-corrected chi connectivity index (χ0v) is 19.2. The van der Waals surface area contributed by atoms with Crippen molar-refractivity contribution in [3.8, 4) is 5.75 Å². The van der Waals surface area contributed by atoms with Crippen LogP contribution in [0.4, 0.5) is 33.7 Å². The number of anilines is 2. The first-order valence-corrected chi connectivity index (χ1v) is 11.5. The lowest BCUT2D eigenvalue weighted by Gasteiger charge is -2.30. The van der Waals surface area contributed by atoms with E-state index in [2.05, 4.69) is 30.7 Å². The molecule has 1 amide bonds. The Morgan fingerprint density at radius 1 is 0.972 bits per heavy atom. The predicted molar refractivity (Wildman–Crippen MR) is 119 cm³/mol. The standard InChI is InChI=1S/C23H24F5N5O3/c1-11-10-29-22(33-19(11)30-12-2-3-12)32-14-6-4-13(5-7-14)31-20(34)15-8-9-16(24)17(25)18(15)36-21(35)23(26,27)28/h8-10,12-14H,2-7H2,1H3,(H,31,34)(H2,29,30,32,33). The van der Waals surface area contributed by atoms with Gasteiger partial charge in [0.1, 0.15) is 5.82 Å². The van der Waals surface area contributed by atoms with Gasteiger partial charge in [0.05, 0.1) is 5.56 Å². The molecule has 2 aliphatic carbocycles. The summed E-state index contributed by atoms with van der Waals surface area (Å²) in [5, 5.41) is 9.23. The monoisotopic (exact) mass is 513 g/mol. The molecule has 4 rings (SSSR count). The molecule has 1 heterocycles. The number of benzene rings is 1. The molecule has 2 aromatic rings. The Labute approximate surface area is 203 Å². The Hall–Kier alpha value is -3.51. The average Bonchev–Trinajstić information content (AvgIpc) is 3.64. The summed E-state index contributed by atoms with van der Waals surface area (Å²) in [4.78, 5) is 32.6. The van der Waals surface area contributed by atoms with Gasteiger partial charge in [-0.05, 0) is 57.6 Å². The van der Waals surface area contributed by atoms with Crippen molar-refractivity contribution < 1.29 is 36.3 Å². The number of ether oxygens (including phenoxy) is 1. The molecular formula is C23H24F5N5O3. The second-order valence-corrected chi connectivity index (χ2v) is 8.94. The van der Waals surface area contributed by atoms with E-state index >= 15 is 0 Å². The van der Waals surface area contributed by atoms with E-state index in [4.69, 9.17) is 0 Å². The maximum absolute atomic E-state index is 14.1. The number of hydrogen-bond donors (Lipinski definition) is 3. The number of hydrogen-bond acceptors (Lipinski definition) is 7. The van der Waals surface area contributed by atoms with Gasteiger partial charge < -0.3 is 20.7 Å². The van der Waals surface area contributed by atoms with E-state index in [-0.39, 0.29) is 12.1 Å². The molecule has 2 saturated carbocycles. The highest BCUT2D eigenvalue weighted by Gasteiger charge is 2.42. The summed E-state index contributed by atoms with van der Waals surface area (Å²) in [5.41, 5.74) is 0.229. The van der Waals surface area contributed by atoms with E-state index in [1.807, 2.05) is 6.92 Å². The summed E-state index contributed by atoms with van der Waals surface area (Å²) < 4.78 is 69.3. The molecule has 0 aliphatic heterocycles. The first-order valence-electron chi connectivity index (χ1n) is 11.5. The molecule has 194 valence electrons. The highest BCUT2D eigenvalue weighted by Crippen LogP contribution is 2.30. The Bertz CT molecular complexity index is 1150. The largest absolute Gasteiger partial charge is 0.491 e. The van der Waals surface area contributed by atoms with Crippen LogP contribution in [-0.2, 0) is 4.79 Å². The third-order valence-electron chi connectivity index (χ3n) is 6.01. The molecule has 0 saturated heterocycles. The van der Waals surface area contributed by atoms with Crippen molar-refractivity contribution in [2.24, 2.45) is 0 Å². The molecular weight excluding hydrogens is 489 g/mol. The van der Waals surface area contributed by atoms with E-state index in [9.17, 15) is 31.5 Å². The van der Waals surface area contributed by atoms with Gasteiger partial charge in [0.25, 0.3) is 5.91 Å². The van der Waals surface area contributed by atoms with Crippen LogP contribution >= 0.6 is 0 Å². The van der Waals surface area contributed by atoms with Crippen molar-refractivity contribution in [3.05, 3.63) is 41.1 Å². The number of nitrogens with zero attached hydrogens (tertiary/aromatic N) is 2. The summed E-state index contributed by atoms with van der Waals surface area (Å²) in [6.45, 7) is 1.92. The number of carbonyl (C=O) groups is 2. The fourth-order valence-electron chi connectivity index (χ4n) is 3.87. The molecule has 0 bridgehead atoms. The molecule has 0 radical (unpaired) electrons. The minimum atomic E-state index is -5.45. The second-order valence-electron chi connectivity index (χ2n) is 8.94. The number of rotatable bonds is 7. The van der Waals surface area contributed by atoms with Gasteiger partial charge in [-0.3, -0.25) is 4.79 Å². The molecule has 36 heavy (non-hydrogen) atoms. The SMILES string of the molecule is Cc1cnc(NC2CCC(NC(=O)c3ccc(F)c(F)c3OC(=O)C(F)(F)F)CC2)nc1NC1CC1. The first-order chi connectivity index (χ1) is 17.0. The zero-order chi connectivity index (χ0) is 26.0. The number of alkyl halides is 3.